The summed E-state index contributed by atoms with van der Waals surface area (Å²) in [4.78, 5) is 24.6. The molecule has 0 heterocycles. The third-order valence-corrected chi connectivity index (χ3v) is 4.48. The van der Waals surface area contributed by atoms with Gasteiger partial charge in [-0.25, -0.2) is 4.39 Å². The fourth-order valence-corrected chi connectivity index (χ4v) is 2.97. The minimum absolute atomic E-state index is 0.0922. The van der Waals surface area contributed by atoms with E-state index >= 15 is 0 Å². The van der Waals surface area contributed by atoms with Crippen LogP contribution in [0.1, 0.15) is 49.9 Å². The Morgan fingerprint density at radius 1 is 1.25 bits per heavy atom. The highest BCUT2D eigenvalue weighted by molar-refractivity contribution is 5.97. The normalized spacial score (nSPS) is 17.5. The average molecular weight is 336 g/mol. The van der Waals surface area contributed by atoms with Crippen LogP contribution in [-0.2, 0) is 4.79 Å². The number of aliphatic hydroxyl groups is 1. The Morgan fingerprint density at radius 2 is 1.88 bits per heavy atom. The van der Waals surface area contributed by atoms with Crippen molar-refractivity contribution < 1.29 is 19.1 Å². The molecule has 1 unspecified atom stereocenters. The zero-order chi connectivity index (χ0) is 17.7. The van der Waals surface area contributed by atoms with Crippen LogP contribution >= 0.6 is 0 Å². The molecule has 24 heavy (non-hydrogen) atoms. The second-order valence-corrected chi connectivity index (χ2v) is 6.82. The Balaban J connectivity index is 1.99. The van der Waals surface area contributed by atoms with E-state index in [0.29, 0.717) is 12.8 Å². The van der Waals surface area contributed by atoms with E-state index < -0.39 is 23.4 Å². The summed E-state index contributed by atoms with van der Waals surface area (Å²) in [6.45, 7) is 3.77. The van der Waals surface area contributed by atoms with Gasteiger partial charge >= 0.3 is 0 Å². The van der Waals surface area contributed by atoms with Crippen molar-refractivity contribution in [3.8, 4) is 0 Å². The molecule has 1 aliphatic rings. The molecule has 6 heteroatoms. The maximum absolute atomic E-state index is 13.7. The molecule has 1 aromatic rings. The molecule has 3 N–H and O–H groups in total. The third-order valence-electron chi connectivity index (χ3n) is 4.48. The van der Waals surface area contributed by atoms with Crippen LogP contribution in [0, 0.1) is 11.7 Å². The van der Waals surface area contributed by atoms with E-state index in [1.54, 1.807) is 19.9 Å². The van der Waals surface area contributed by atoms with Crippen LogP contribution in [-0.4, -0.2) is 35.1 Å². The molecule has 0 bridgehead atoms. The summed E-state index contributed by atoms with van der Waals surface area (Å²) < 4.78 is 13.7. The van der Waals surface area contributed by atoms with Gasteiger partial charge in [0.15, 0.2) is 0 Å². The number of rotatable bonds is 6. The van der Waals surface area contributed by atoms with Crippen LogP contribution in [0.2, 0.25) is 0 Å². The molecule has 1 aliphatic carbocycles. The van der Waals surface area contributed by atoms with Crippen LogP contribution in [0.4, 0.5) is 4.39 Å². The zero-order valence-corrected chi connectivity index (χ0v) is 14.1. The van der Waals surface area contributed by atoms with Gasteiger partial charge in [-0.2, -0.15) is 0 Å². The van der Waals surface area contributed by atoms with E-state index in [1.165, 1.54) is 18.2 Å². The lowest BCUT2D eigenvalue weighted by Crippen LogP contribution is -2.52. The molecular weight excluding hydrogens is 311 g/mol. The van der Waals surface area contributed by atoms with Crippen molar-refractivity contribution in [3.63, 3.8) is 0 Å². The number of hydrogen-bond acceptors (Lipinski definition) is 3. The maximum Gasteiger partial charge on any atom is 0.254 e. The fraction of sp³-hybridized carbons (Fsp3) is 0.556. The standard InChI is InChI=1S/C18H25FN2O3/c1-12(2)15(17(23)20-11-18(24)9-5-6-10-18)21-16(22)13-7-3-4-8-14(13)19/h3-4,7-8,12,15,24H,5-6,9-11H2,1-2H3,(H,20,23)(H,21,22). The quantitative estimate of drug-likeness (QED) is 0.743. The lowest BCUT2D eigenvalue weighted by molar-refractivity contribution is -0.125. The second kappa shape index (κ2) is 7.75. The van der Waals surface area contributed by atoms with Crippen LogP contribution in [0.5, 0.6) is 0 Å². The number of carbonyl (C=O) groups excluding carboxylic acids is 2. The van der Waals surface area contributed by atoms with E-state index in [4.69, 9.17) is 0 Å². The predicted octanol–water partition coefficient (Wildman–Crippen LogP) is 2.00. The van der Waals surface area contributed by atoms with Gasteiger partial charge in [0.05, 0.1) is 11.2 Å². The van der Waals surface area contributed by atoms with E-state index in [0.717, 1.165) is 12.8 Å². The number of benzene rings is 1. The number of carbonyl (C=O) groups is 2. The first-order valence-corrected chi connectivity index (χ1v) is 8.38. The van der Waals surface area contributed by atoms with Crippen LogP contribution < -0.4 is 10.6 Å². The Labute approximate surface area is 141 Å². The molecule has 1 fully saturated rings. The zero-order valence-electron chi connectivity index (χ0n) is 14.1. The topological polar surface area (TPSA) is 78.4 Å². The van der Waals surface area contributed by atoms with Gasteiger partial charge in [0.25, 0.3) is 5.91 Å². The Hall–Kier alpha value is -1.95. The van der Waals surface area contributed by atoms with Crippen LogP contribution in [0.15, 0.2) is 24.3 Å². The molecular formula is C18H25FN2O3. The molecule has 0 aromatic heterocycles. The van der Waals surface area contributed by atoms with E-state index in [9.17, 15) is 19.1 Å². The Morgan fingerprint density at radius 3 is 2.46 bits per heavy atom. The van der Waals surface area contributed by atoms with Gasteiger partial charge in [0.2, 0.25) is 5.91 Å². The fourth-order valence-electron chi connectivity index (χ4n) is 2.97. The van der Waals surface area contributed by atoms with Crippen molar-refractivity contribution in [3.05, 3.63) is 35.6 Å². The SMILES string of the molecule is CC(C)C(NC(=O)c1ccccc1F)C(=O)NCC1(O)CCCC1. The molecule has 0 radical (unpaired) electrons. The van der Waals surface area contributed by atoms with Crippen molar-refractivity contribution >= 4 is 11.8 Å². The van der Waals surface area contributed by atoms with Crippen molar-refractivity contribution in [2.24, 2.45) is 5.92 Å². The number of hydrogen-bond donors (Lipinski definition) is 3. The van der Waals surface area contributed by atoms with Gasteiger partial charge in [0, 0.05) is 6.54 Å². The van der Waals surface area contributed by atoms with Crippen molar-refractivity contribution in [1.82, 2.24) is 10.6 Å². The highest BCUT2D eigenvalue weighted by Crippen LogP contribution is 2.28. The number of nitrogens with one attached hydrogen (secondary N) is 2. The first-order chi connectivity index (χ1) is 11.3. The lowest BCUT2D eigenvalue weighted by atomic mass is 10.00. The largest absolute Gasteiger partial charge is 0.388 e. The molecule has 1 saturated carbocycles. The molecule has 1 aromatic carbocycles. The minimum atomic E-state index is -0.854. The first kappa shape index (κ1) is 18.4. The van der Waals surface area contributed by atoms with Crippen molar-refractivity contribution in [2.45, 2.75) is 51.2 Å². The van der Waals surface area contributed by atoms with Crippen molar-refractivity contribution in [1.29, 1.82) is 0 Å². The summed E-state index contributed by atoms with van der Waals surface area (Å²) in [6.07, 6.45) is 3.23. The summed E-state index contributed by atoms with van der Waals surface area (Å²) in [5, 5.41) is 15.6. The Bertz CT molecular complexity index is 598. The second-order valence-electron chi connectivity index (χ2n) is 6.82. The van der Waals surface area contributed by atoms with E-state index in [-0.39, 0.29) is 23.9 Å². The van der Waals surface area contributed by atoms with Crippen molar-refractivity contribution in [2.75, 3.05) is 6.54 Å². The monoisotopic (exact) mass is 336 g/mol. The minimum Gasteiger partial charge on any atom is -0.388 e. The lowest BCUT2D eigenvalue weighted by Gasteiger charge is -2.26. The third kappa shape index (κ3) is 4.54. The maximum atomic E-state index is 13.7. The molecule has 0 spiro atoms. The van der Waals surface area contributed by atoms with Gasteiger partial charge in [-0.1, -0.05) is 38.8 Å². The molecule has 2 amide bonds. The van der Waals surface area contributed by atoms with Gasteiger partial charge in [-0.3, -0.25) is 9.59 Å². The highest BCUT2D eigenvalue weighted by atomic mass is 19.1. The summed E-state index contributed by atoms with van der Waals surface area (Å²) in [5.41, 5.74) is -0.947. The number of halogens is 1. The van der Waals surface area contributed by atoms with E-state index in [1.807, 2.05) is 0 Å². The molecule has 1 atom stereocenters. The Kier molecular flexibility index (Phi) is 5.94. The summed E-state index contributed by atoms with van der Waals surface area (Å²) in [7, 11) is 0. The average Bonchev–Trinajstić information content (AvgIpc) is 2.97. The van der Waals surface area contributed by atoms with Gasteiger partial charge < -0.3 is 15.7 Å². The van der Waals surface area contributed by atoms with Gasteiger partial charge in [-0.15, -0.1) is 0 Å². The van der Waals surface area contributed by atoms with Gasteiger partial charge in [-0.05, 0) is 30.9 Å². The smallest absolute Gasteiger partial charge is 0.254 e. The molecule has 132 valence electrons. The molecule has 0 saturated heterocycles. The molecule has 2 rings (SSSR count). The van der Waals surface area contributed by atoms with Crippen LogP contribution in [0.25, 0.3) is 0 Å². The van der Waals surface area contributed by atoms with E-state index in [2.05, 4.69) is 10.6 Å². The summed E-state index contributed by atoms with van der Waals surface area (Å²) >= 11 is 0. The molecule has 0 aliphatic heterocycles. The van der Waals surface area contributed by atoms with Gasteiger partial charge in [0.1, 0.15) is 11.9 Å². The highest BCUT2D eigenvalue weighted by Gasteiger charge is 2.33. The van der Waals surface area contributed by atoms with Crippen LogP contribution in [0.3, 0.4) is 0 Å². The summed E-state index contributed by atoms with van der Waals surface area (Å²) in [5.74, 6) is -1.78. The summed E-state index contributed by atoms with van der Waals surface area (Å²) in [6, 6.07) is 4.86. The molecule has 5 nitrogen and oxygen atoms in total. The first-order valence-electron chi connectivity index (χ1n) is 8.38. The predicted molar refractivity (Wildman–Crippen MR) is 88.9 cm³/mol. The number of amides is 2.